The van der Waals surface area contributed by atoms with Gasteiger partial charge in [-0.05, 0) is 62.0 Å². The lowest BCUT2D eigenvalue weighted by Gasteiger charge is -2.24. The SMILES string of the molecule is CCN1C(=O)C(CC(=O)Nc2cccc(C)c2)N(NC(=O)c2cccc(F)c2)C1=S. The Hall–Kier alpha value is -3.33. The first kappa shape index (κ1) is 21.4. The minimum Gasteiger partial charge on any atom is -0.326 e. The minimum atomic E-state index is -1.00. The molecule has 2 aromatic rings. The number of amides is 3. The molecule has 1 fully saturated rings. The van der Waals surface area contributed by atoms with Crippen LogP contribution in [-0.2, 0) is 9.59 Å². The molecule has 1 aliphatic rings. The van der Waals surface area contributed by atoms with Gasteiger partial charge in [-0.2, -0.15) is 0 Å². The Kier molecular flexibility index (Phi) is 6.41. The Morgan fingerprint density at radius 3 is 2.57 bits per heavy atom. The monoisotopic (exact) mass is 428 g/mol. The molecule has 1 unspecified atom stereocenters. The standard InChI is InChI=1S/C21H21FN4O3S/c1-3-25-20(29)17(12-18(27)23-16-9-4-6-13(2)10-16)26(21(25)30)24-19(28)14-7-5-8-15(22)11-14/h4-11,17H,3,12H2,1-2H3,(H,23,27)(H,24,28). The molecular weight excluding hydrogens is 407 g/mol. The molecule has 0 aliphatic carbocycles. The molecule has 2 N–H and O–H groups in total. The first-order chi connectivity index (χ1) is 14.3. The zero-order chi connectivity index (χ0) is 21.8. The molecule has 30 heavy (non-hydrogen) atoms. The number of hydrogen-bond donors (Lipinski definition) is 2. The van der Waals surface area contributed by atoms with E-state index in [-0.39, 0.29) is 23.0 Å². The highest BCUT2D eigenvalue weighted by Gasteiger charge is 2.43. The number of nitrogens with one attached hydrogen (secondary N) is 2. The molecule has 3 rings (SSSR count). The third-order valence-electron chi connectivity index (χ3n) is 4.61. The summed E-state index contributed by atoms with van der Waals surface area (Å²) in [6.45, 7) is 3.93. The molecule has 0 bridgehead atoms. The summed E-state index contributed by atoms with van der Waals surface area (Å²) in [5, 5.41) is 4.03. The summed E-state index contributed by atoms with van der Waals surface area (Å²) in [7, 11) is 0. The van der Waals surface area contributed by atoms with Crippen LogP contribution in [0.3, 0.4) is 0 Å². The first-order valence-corrected chi connectivity index (χ1v) is 9.78. The molecule has 1 aliphatic heterocycles. The van der Waals surface area contributed by atoms with Crippen molar-refractivity contribution in [2.45, 2.75) is 26.3 Å². The molecule has 0 radical (unpaired) electrons. The van der Waals surface area contributed by atoms with Crippen molar-refractivity contribution >= 4 is 40.7 Å². The lowest BCUT2D eigenvalue weighted by atomic mass is 10.1. The number of carbonyl (C=O) groups excluding carboxylic acids is 3. The van der Waals surface area contributed by atoms with E-state index in [9.17, 15) is 18.8 Å². The average Bonchev–Trinajstić information content (AvgIpc) is 2.91. The Labute approximate surface area is 178 Å². The van der Waals surface area contributed by atoms with Gasteiger partial charge in [-0.15, -0.1) is 0 Å². The van der Waals surface area contributed by atoms with Gasteiger partial charge in [0.05, 0.1) is 6.42 Å². The molecule has 9 heteroatoms. The Morgan fingerprint density at radius 1 is 1.17 bits per heavy atom. The quantitative estimate of drug-likeness (QED) is 0.692. The number of nitrogens with zero attached hydrogens (tertiary/aromatic N) is 2. The fraction of sp³-hybridized carbons (Fsp3) is 0.238. The zero-order valence-electron chi connectivity index (χ0n) is 16.5. The van der Waals surface area contributed by atoms with Gasteiger partial charge in [-0.3, -0.25) is 24.7 Å². The average molecular weight is 428 g/mol. The van der Waals surface area contributed by atoms with Crippen molar-refractivity contribution in [2.24, 2.45) is 0 Å². The van der Waals surface area contributed by atoms with E-state index in [4.69, 9.17) is 12.2 Å². The topological polar surface area (TPSA) is 81.8 Å². The number of carbonyl (C=O) groups is 3. The maximum atomic E-state index is 13.4. The van der Waals surface area contributed by atoms with Crippen LogP contribution in [0.2, 0.25) is 0 Å². The lowest BCUT2D eigenvalue weighted by Crippen LogP contribution is -2.49. The van der Waals surface area contributed by atoms with E-state index in [2.05, 4.69) is 10.7 Å². The van der Waals surface area contributed by atoms with E-state index in [1.165, 1.54) is 28.1 Å². The van der Waals surface area contributed by atoms with E-state index in [1.54, 1.807) is 19.1 Å². The summed E-state index contributed by atoms with van der Waals surface area (Å²) in [4.78, 5) is 39.2. The van der Waals surface area contributed by atoms with Gasteiger partial charge in [0.15, 0.2) is 5.11 Å². The minimum absolute atomic E-state index is 0.0724. The van der Waals surface area contributed by atoms with E-state index in [0.717, 1.165) is 11.6 Å². The van der Waals surface area contributed by atoms with Crippen LogP contribution < -0.4 is 10.7 Å². The maximum absolute atomic E-state index is 13.4. The molecule has 156 valence electrons. The highest BCUT2D eigenvalue weighted by atomic mass is 32.1. The second kappa shape index (κ2) is 9.00. The van der Waals surface area contributed by atoms with Gasteiger partial charge in [0.1, 0.15) is 11.9 Å². The van der Waals surface area contributed by atoms with Crippen molar-refractivity contribution < 1.29 is 18.8 Å². The van der Waals surface area contributed by atoms with Crippen molar-refractivity contribution in [2.75, 3.05) is 11.9 Å². The van der Waals surface area contributed by atoms with Gasteiger partial charge in [-0.1, -0.05) is 18.2 Å². The molecule has 0 saturated carbocycles. The normalized spacial score (nSPS) is 16.0. The van der Waals surface area contributed by atoms with E-state index >= 15 is 0 Å². The fourth-order valence-corrected chi connectivity index (χ4v) is 3.55. The van der Waals surface area contributed by atoms with Crippen molar-refractivity contribution in [1.29, 1.82) is 0 Å². The van der Waals surface area contributed by atoms with Crippen LogP contribution in [0.4, 0.5) is 10.1 Å². The van der Waals surface area contributed by atoms with Crippen LogP contribution in [0, 0.1) is 12.7 Å². The van der Waals surface area contributed by atoms with Gasteiger partial charge in [0.25, 0.3) is 11.8 Å². The molecular formula is C21H21FN4O3S. The number of hydrazine groups is 1. The Balaban J connectivity index is 1.77. The summed E-state index contributed by atoms with van der Waals surface area (Å²) >= 11 is 5.32. The van der Waals surface area contributed by atoms with Crippen molar-refractivity contribution in [3.63, 3.8) is 0 Å². The second-order valence-corrected chi connectivity index (χ2v) is 7.19. The van der Waals surface area contributed by atoms with Gasteiger partial charge < -0.3 is 5.32 Å². The number of halogens is 1. The van der Waals surface area contributed by atoms with Crippen molar-refractivity contribution in [3.05, 3.63) is 65.5 Å². The summed E-state index contributed by atoms with van der Waals surface area (Å²) in [6.07, 6.45) is -0.215. The lowest BCUT2D eigenvalue weighted by molar-refractivity contribution is -0.130. The second-order valence-electron chi connectivity index (χ2n) is 6.82. The van der Waals surface area contributed by atoms with Crippen LogP contribution in [-0.4, -0.2) is 45.3 Å². The first-order valence-electron chi connectivity index (χ1n) is 9.37. The number of likely N-dealkylation sites (N-methyl/N-ethyl adjacent to an activating group) is 1. The number of anilines is 1. The third-order valence-corrected chi connectivity index (χ3v) is 5.02. The van der Waals surface area contributed by atoms with Gasteiger partial charge in [0.2, 0.25) is 5.91 Å². The largest absolute Gasteiger partial charge is 0.326 e. The van der Waals surface area contributed by atoms with Crippen LogP contribution in [0.15, 0.2) is 48.5 Å². The molecule has 0 spiro atoms. The number of benzene rings is 2. The number of thiocarbonyl (C=S) groups is 1. The molecule has 0 aromatic heterocycles. The molecule has 1 atom stereocenters. The molecule has 3 amide bonds. The predicted molar refractivity (Wildman–Crippen MR) is 114 cm³/mol. The van der Waals surface area contributed by atoms with Crippen LogP contribution in [0.25, 0.3) is 0 Å². The predicted octanol–water partition coefficient (Wildman–Crippen LogP) is 2.63. The Morgan fingerprint density at radius 2 is 1.90 bits per heavy atom. The van der Waals surface area contributed by atoms with Gasteiger partial charge >= 0.3 is 0 Å². The smallest absolute Gasteiger partial charge is 0.269 e. The van der Waals surface area contributed by atoms with Gasteiger partial charge in [-0.25, -0.2) is 9.40 Å². The molecule has 1 saturated heterocycles. The van der Waals surface area contributed by atoms with Gasteiger partial charge in [0, 0.05) is 17.8 Å². The molecule has 7 nitrogen and oxygen atoms in total. The maximum Gasteiger partial charge on any atom is 0.269 e. The molecule has 1 heterocycles. The molecule has 2 aromatic carbocycles. The van der Waals surface area contributed by atoms with Crippen LogP contribution in [0.5, 0.6) is 0 Å². The van der Waals surface area contributed by atoms with Crippen LogP contribution in [0.1, 0.15) is 29.3 Å². The van der Waals surface area contributed by atoms with Crippen molar-refractivity contribution in [3.8, 4) is 0 Å². The van der Waals surface area contributed by atoms with E-state index in [0.29, 0.717) is 12.2 Å². The highest BCUT2D eigenvalue weighted by Crippen LogP contribution is 2.20. The Bertz CT molecular complexity index is 1010. The van der Waals surface area contributed by atoms with E-state index in [1.807, 2.05) is 19.1 Å². The number of aryl methyl sites for hydroxylation is 1. The highest BCUT2D eigenvalue weighted by molar-refractivity contribution is 7.80. The van der Waals surface area contributed by atoms with Crippen molar-refractivity contribution in [1.82, 2.24) is 15.3 Å². The summed E-state index contributed by atoms with van der Waals surface area (Å²) in [5.74, 6) is -1.98. The number of hydrogen-bond acceptors (Lipinski definition) is 4. The van der Waals surface area contributed by atoms with Crippen LogP contribution >= 0.6 is 12.2 Å². The summed E-state index contributed by atoms with van der Waals surface area (Å²) in [6, 6.07) is 11.4. The van der Waals surface area contributed by atoms with E-state index < -0.39 is 23.7 Å². The fourth-order valence-electron chi connectivity index (χ4n) is 3.16. The third kappa shape index (κ3) is 4.62. The summed E-state index contributed by atoms with van der Waals surface area (Å²) in [5.41, 5.74) is 4.20. The zero-order valence-corrected chi connectivity index (χ0v) is 17.3. The summed E-state index contributed by atoms with van der Waals surface area (Å²) < 4.78 is 13.4. The number of rotatable bonds is 6.